The molecule has 3 amide bonds. The second-order valence-corrected chi connectivity index (χ2v) is 14.5. The van der Waals surface area contributed by atoms with E-state index in [4.69, 9.17) is 14.7 Å². The maximum atomic E-state index is 13.9. The van der Waals surface area contributed by atoms with Crippen LogP contribution in [-0.2, 0) is 32.1 Å². The third-order valence-corrected chi connectivity index (χ3v) is 10.8. The Kier molecular flexibility index (Phi) is 9.03. The lowest BCUT2D eigenvalue weighted by Crippen LogP contribution is -2.48. The van der Waals surface area contributed by atoms with E-state index in [9.17, 15) is 14.4 Å². The molecule has 11 heteroatoms. The van der Waals surface area contributed by atoms with Crippen LogP contribution < -0.4 is 10.6 Å². The zero-order valence-corrected chi connectivity index (χ0v) is 30.1. The number of ether oxygens (including phenoxy) is 1. The molecule has 1 aliphatic carbocycles. The molecule has 3 heterocycles. The highest BCUT2D eigenvalue weighted by atomic mass is 16.5. The van der Waals surface area contributed by atoms with Gasteiger partial charge in [0.15, 0.2) is 0 Å². The van der Waals surface area contributed by atoms with Gasteiger partial charge in [0.25, 0.3) is 5.91 Å². The van der Waals surface area contributed by atoms with E-state index in [2.05, 4.69) is 15.6 Å². The first-order valence-electron chi connectivity index (χ1n) is 18.1. The number of likely N-dealkylation sites (N-methyl/N-ethyl adjacent to an activating group) is 1. The number of aromatic amines is 1. The lowest BCUT2D eigenvalue weighted by Gasteiger charge is -2.28. The van der Waals surface area contributed by atoms with Gasteiger partial charge in [0.05, 0.1) is 30.5 Å². The normalized spacial score (nSPS) is 20.8. The number of piperidine rings is 1. The molecule has 0 radical (unpaired) electrons. The Bertz CT molecular complexity index is 2220. The van der Waals surface area contributed by atoms with Gasteiger partial charge in [-0.15, -0.1) is 0 Å². The number of nitrogens with one attached hydrogen (secondary N) is 3. The van der Waals surface area contributed by atoms with Crippen LogP contribution in [0.4, 0.5) is 5.69 Å². The molecule has 4 unspecified atom stereocenters. The average molecular weight is 710 g/mol. The summed E-state index contributed by atoms with van der Waals surface area (Å²) in [4.78, 5) is 56.9. The van der Waals surface area contributed by atoms with Gasteiger partial charge in [-0.3, -0.25) is 19.3 Å². The number of H-pyrrole nitrogens is 1. The van der Waals surface area contributed by atoms with Crippen LogP contribution in [0.15, 0.2) is 102 Å². The number of nitrogens with zero attached hydrogens (tertiary/aromatic N) is 4. The van der Waals surface area contributed by atoms with Gasteiger partial charge in [0.2, 0.25) is 17.7 Å². The van der Waals surface area contributed by atoms with E-state index in [0.29, 0.717) is 36.9 Å². The molecule has 0 spiro atoms. The zero-order chi connectivity index (χ0) is 36.7. The topological polar surface area (TPSA) is 132 Å². The first kappa shape index (κ1) is 34.3. The van der Waals surface area contributed by atoms with Crippen molar-refractivity contribution >= 4 is 40.3 Å². The van der Waals surface area contributed by atoms with Crippen molar-refractivity contribution in [2.24, 2.45) is 10.9 Å². The lowest BCUT2D eigenvalue weighted by atomic mass is 10.1. The van der Waals surface area contributed by atoms with Crippen molar-refractivity contribution in [2.45, 2.75) is 50.4 Å². The number of benzene rings is 4. The van der Waals surface area contributed by atoms with Gasteiger partial charge >= 0.3 is 0 Å². The van der Waals surface area contributed by atoms with Crippen molar-refractivity contribution in [1.82, 2.24) is 25.1 Å². The fraction of sp³-hybridized carbons (Fsp3) is 0.310. The van der Waals surface area contributed by atoms with E-state index in [1.165, 1.54) is 0 Å². The maximum Gasteiger partial charge on any atom is 0.250 e. The molecule has 270 valence electrons. The van der Waals surface area contributed by atoms with Crippen molar-refractivity contribution in [1.29, 1.82) is 0 Å². The number of amides is 3. The molecular weight excluding hydrogens is 667 g/mol. The number of anilines is 1. The van der Waals surface area contributed by atoms with Gasteiger partial charge in [0, 0.05) is 17.8 Å². The Morgan fingerprint density at radius 3 is 2.53 bits per heavy atom. The number of carbonyl (C=O) groups excluding carboxylic acids is 3. The Balaban J connectivity index is 0.908. The van der Waals surface area contributed by atoms with E-state index in [1.807, 2.05) is 123 Å². The number of likely N-dealkylation sites (tertiary alicyclic amines) is 1. The fourth-order valence-electron chi connectivity index (χ4n) is 7.87. The summed E-state index contributed by atoms with van der Waals surface area (Å²) in [5.41, 5.74) is 6.05. The lowest BCUT2D eigenvalue weighted by molar-refractivity contribution is -0.138. The predicted molar refractivity (Wildman–Crippen MR) is 203 cm³/mol. The van der Waals surface area contributed by atoms with Crippen molar-refractivity contribution in [2.75, 3.05) is 32.5 Å². The van der Waals surface area contributed by atoms with Gasteiger partial charge < -0.3 is 25.3 Å². The highest BCUT2D eigenvalue weighted by molar-refractivity contribution is 6.05. The molecule has 3 N–H and O–H groups in total. The molecule has 2 aliphatic heterocycles. The fourth-order valence-corrected chi connectivity index (χ4v) is 7.87. The monoisotopic (exact) mass is 709 g/mol. The quantitative estimate of drug-likeness (QED) is 0.167. The van der Waals surface area contributed by atoms with E-state index in [-0.39, 0.29) is 42.7 Å². The highest BCUT2D eigenvalue weighted by Gasteiger charge is 2.68. The number of aromatic nitrogens is 2. The molecule has 11 nitrogen and oxygen atoms in total. The number of rotatable bonds is 11. The molecule has 8 rings (SSSR count). The summed E-state index contributed by atoms with van der Waals surface area (Å²) in [7, 11) is 3.78. The molecule has 3 aliphatic rings. The second-order valence-electron chi connectivity index (χ2n) is 14.5. The summed E-state index contributed by atoms with van der Waals surface area (Å²) in [5.74, 6) is 1.12. The molecule has 1 saturated carbocycles. The third-order valence-electron chi connectivity index (χ3n) is 10.8. The van der Waals surface area contributed by atoms with Crippen LogP contribution in [-0.4, -0.2) is 76.1 Å². The summed E-state index contributed by atoms with van der Waals surface area (Å²) >= 11 is 0. The smallest absolute Gasteiger partial charge is 0.250 e. The van der Waals surface area contributed by atoms with E-state index >= 15 is 0 Å². The van der Waals surface area contributed by atoms with Crippen LogP contribution >= 0.6 is 0 Å². The Labute approximate surface area is 308 Å². The van der Waals surface area contributed by atoms with Crippen LogP contribution in [0, 0.1) is 12.8 Å². The van der Waals surface area contributed by atoms with Gasteiger partial charge in [-0.05, 0) is 86.3 Å². The molecule has 1 saturated heterocycles. The number of hydrogen-bond donors (Lipinski definition) is 3. The molecule has 4 atom stereocenters. The molecule has 2 fully saturated rings. The number of fused-ring (bicyclic) bond motifs is 2. The first-order valence-corrected chi connectivity index (χ1v) is 18.1. The number of imidazole rings is 1. The van der Waals surface area contributed by atoms with Crippen LogP contribution in [0.2, 0.25) is 0 Å². The van der Waals surface area contributed by atoms with Crippen molar-refractivity contribution in [3.63, 3.8) is 0 Å². The van der Waals surface area contributed by atoms with Crippen molar-refractivity contribution in [3.8, 4) is 0 Å². The molecule has 1 aromatic heterocycles. The molecule has 0 bridgehead atoms. The highest BCUT2D eigenvalue weighted by Crippen LogP contribution is 2.56. The maximum absolute atomic E-state index is 13.9. The number of aliphatic imine (C=N–C) groups is 1. The molecule has 5 aromatic rings. The van der Waals surface area contributed by atoms with Gasteiger partial charge in [0.1, 0.15) is 23.5 Å². The third kappa shape index (κ3) is 6.68. The summed E-state index contributed by atoms with van der Waals surface area (Å²) < 4.78 is 6.38. The molecule has 53 heavy (non-hydrogen) atoms. The largest absolute Gasteiger partial charge is 0.467 e. The predicted octanol–water partition coefficient (Wildman–Crippen LogP) is 5.48. The zero-order valence-electron chi connectivity index (χ0n) is 30.1. The summed E-state index contributed by atoms with van der Waals surface area (Å²) in [5, 5.41) is 6.19. The summed E-state index contributed by atoms with van der Waals surface area (Å²) in [6.45, 7) is 3.27. The van der Waals surface area contributed by atoms with Crippen LogP contribution in [0.1, 0.15) is 58.6 Å². The Hall–Kier alpha value is -5.81. The van der Waals surface area contributed by atoms with Crippen LogP contribution in [0.3, 0.4) is 0 Å². The summed E-state index contributed by atoms with van der Waals surface area (Å²) in [6.07, 6.45) is 1.53. The van der Waals surface area contributed by atoms with Gasteiger partial charge in [-0.25, -0.2) is 9.98 Å². The Morgan fingerprint density at radius 2 is 1.77 bits per heavy atom. The van der Waals surface area contributed by atoms with E-state index < -0.39 is 11.6 Å². The van der Waals surface area contributed by atoms with Gasteiger partial charge in [-0.2, -0.15) is 0 Å². The average Bonchev–Trinajstić information content (AvgIpc) is 3.49. The minimum Gasteiger partial charge on any atom is -0.467 e. The molecule has 4 aromatic carbocycles. The number of carbonyl (C=O) groups is 3. The van der Waals surface area contributed by atoms with Gasteiger partial charge in [-0.1, -0.05) is 72.8 Å². The minimum atomic E-state index is -0.783. The standard InChI is InChI=1S/C42H43N7O4/c1-26-14-15-30(22-33(26)47-41(52)42-23-31(42)18-19-49(42)37(50)20-27-10-6-4-7-11-27)40-44-24-35(53-40)29-16-17-32-34(21-29)46-36(45-32)25-43-39(51)38(48(2)3)28-12-8-5-9-13-28/h4-17,21-22,31,35,38H,18-20,23-25H2,1-3H3,(H,43,51)(H,45,46)(H,47,52). The van der Waals surface area contributed by atoms with Crippen LogP contribution in [0.25, 0.3) is 11.0 Å². The van der Waals surface area contributed by atoms with Crippen LogP contribution in [0.5, 0.6) is 0 Å². The van der Waals surface area contributed by atoms with Crippen molar-refractivity contribution in [3.05, 3.63) is 131 Å². The van der Waals surface area contributed by atoms with E-state index in [0.717, 1.165) is 45.3 Å². The molecular formula is C42H43N7O4. The van der Waals surface area contributed by atoms with Crippen molar-refractivity contribution < 1.29 is 19.1 Å². The van der Waals surface area contributed by atoms with E-state index in [1.54, 1.807) is 4.90 Å². The minimum absolute atomic E-state index is 0.00938. The number of aryl methyl sites for hydroxylation is 1. The number of hydrogen-bond acceptors (Lipinski definition) is 7. The summed E-state index contributed by atoms with van der Waals surface area (Å²) in [6, 6.07) is 30.7. The SMILES string of the molecule is Cc1ccc(C2=NCC(c3ccc4nc(CNC(=O)C(c5ccccc5)N(C)C)[nH]c4c3)O2)cc1NC(=O)C12CC1CCN2C(=O)Cc1ccccc1. The first-order chi connectivity index (χ1) is 25.7. The Morgan fingerprint density at radius 1 is 1.00 bits per heavy atom. The second kappa shape index (κ2) is 14.0.